The number of nitrogens with one attached hydrogen (secondary N) is 2. The molecule has 0 saturated carbocycles. The SMILES string of the molecule is Nc1ccc2nc(NC(=O)Nc3ccccc3F)sc2c1. The number of hydrogen-bond donors (Lipinski definition) is 3. The lowest BCUT2D eigenvalue weighted by atomic mass is 10.3. The smallest absolute Gasteiger partial charge is 0.325 e. The average molecular weight is 302 g/mol. The fraction of sp³-hybridized carbons (Fsp3) is 0. The van der Waals surface area contributed by atoms with Crippen LogP contribution in [0.3, 0.4) is 0 Å². The minimum Gasteiger partial charge on any atom is -0.399 e. The number of rotatable bonds is 2. The van der Waals surface area contributed by atoms with Crippen LogP contribution in [0.15, 0.2) is 42.5 Å². The van der Waals surface area contributed by atoms with E-state index in [1.54, 1.807) is 30.3 Å². The first kappa shape index (κ1) is 13.3. The van der Waals surface area contributed by atoms with Crippen molar-refractivity contribution in [2.45, 2.75) is 0 Å². The number of fused-ring (bicyclic) bond motifs is 1. The Kier molecular flexibility index (Phi) is 3.41. The molecule has 21 heavy (non-hydrogen) atoms. The highest BCUT2D eigenvalue weighted by atomic mass is 32.1. The number of anilines is 3. The molecule has 3 rings (SSSR count). The second kappa shape index (κ2) is 5.37. The Morgan fingerprint density at radius 2 is 2.00 bits per heavy atom. The van der Waals surface area contributed by atoms with Crippen molar-refractivity contribution in [2.75, 3.05) is 16.4 Å². The summed E-state index contributed by atoms with van der Waals surface area (Å²) in [5.74, 6) is -0.496. The number of aromatic nitrogens is 1. The molecule has 1 aromatic heterocycles. The molecule has 3 aromatic rings. The van der Waals surface area contributed by atoms with Gasteiger partial charge in [-0.2, -0.15) is 0 Å². The highest BCUT2D eigenvalue weighted by Crippen LogP contribution is 2.27. The van der Waals surface area contributed by atoms with E-state index in [4.69, 9.17) is 5.73 Å². The van der Waals surface area contributed by atoms with Crippen LogP contribution in [-0.2, 0) is 0 Å². The van der Waals surface area contributed by atoms with Gasteiger partial charge in [0.1, 0.15) is 5.82 Å². The first-order valence-electron chi connectivity index (χ1n) is 6.10. The number of para-hydroxylation sites is 1. The number of urea groups is 1. The van der Waals surface area contributed by atoms with Crippen molar-refractivity contribution < 1.29 is 9.18 Å². The predicted octanol–water partition coefficient (Wildman–Crippen LogP) is 3.66. The average Bonchev–Trinajstić information content (AvgIpc) is 2.82. The molecule has 106 valence electrons. The lowest BCUT2D eigenvalue weighted by molar-refractivity contribution is 0.262. The highest BCUT2D eigenvalue weighted by Gasteiger charge is 2.09. The van der Waals surface area contributed by atoms with Crippen molar-refractivity contribution in [2.24, 2.45) is 0 Å². The molecule has 0 bridgehead atoms. The highest BCUT2D eigenvalue weighted by molar-refractivity contribution is 7.22. The van der Waals surface area contributed by atoms with Gasteiger partial charge in [0.2, 0.25) is 0 Å². The molecule has 2 amide bonds. The van der Waals surface area contributed by atoms with E-state index >= 15 is 0 Å². The molecule has 0 fully saturated rings. The van der Waals surface area contributed by atoms with Crippen LogP contribution in [-0.4, -0.2) is 11.0 Å². The van der Waals surface area contributed by atoms with Crippen LogP contribution in [0.4, 0.5) is 25.7 Å². The van der Waals surface area contributed by atoms with Crippen LogP contribution < -0.4 is 16.4 Å². The van der Waals surface area contributed by atoms with Crippen molar-refractivity contribution in [1.29, 1.82) is 0 Å². The minimum atomic E-state index is -0.549. The largest absolute Gasteiger partial charge is 0.399 e. The predicted molar refractivity (Wildman–Crippen MR) is 83.1 cm³/mol. The van der Waals surface area contributed by atoms with Crippen LogP contribution in [0.5, 0.6) is 0 Å². The van der Waals surface area contributed by atoms with Crippen LogP contribution >= 0.6 is 11.3 Å². The maximum absolute atomic E-state index is 13.4. The summed E-state index contributed by atoms with van der Waals surface area (Å²) >= 11 is 1.30. The third-order valence-electron chi connectivity index (χ3n) is 2.76. The van der Waals surface area contributed by atoms with Gasteiger partial charge in [0.05, 0.1) is 15.9 Å². The summed E-state index contributed by atoms with van der Waals surface area (Å²) in [6.45, 7) is 0. The van der Waals surface area contributed by atoms with Gasteiger partial charge in [-0.1, -0.05) is 23.5 Å². The number of nitrogen functional groups attached to an aromatic ring is 1. The topological polar surface area (TPSA) is 80.0 Å². The van der Waals surface area contributed by atoms with Crippen molar-refractivity contribution in [3.05, 3.63) is 48.3 Å². The molecule has 1 heterocycles. The van der Waals surface area contributed by atoms with E-state index < -0.39 is 11.8 Å². The second-order valence-electron chi connectivity index (χ2n) is 4.31. The van der Waals surface area contributed by atoms with Crippen molar-refractivity contribution in [1.82, 2.24) is 4.98 Å². The zero-order valence-electron chi connectivity index (χ0n) is 10.8. The van der Waals surface area contributed by atoms with Crippen LogP contribution in [0.2, 0.25) is 0 Å². The summed E-state index contributed by atoms with van der Waals surface area (Å²) in [5, 5.41) is 5.43. The van der Waals surface area contributed by atoms with Gasteiger partial charge in [-0.05, 0) is 30.3 Å². The first-order valence-corrected chi connectivity index (χ1v) is 6.92. The molecule has 4 N–H and O–H groups in total. The Labute approximate surface area is 123 Å². The van der Waals surface area contributed by atoms with Gasteiger partial charge in [0, 0.05) is 5.69 Å². The van der Waals surface area contributed by atoms with E-state index in [1.165, 1.54) is 23.5 Å². The standard InChI is InChI=1S/C14H11FN4OS/c15-9-3-1-2-4-10(9)17-13(20)19-14-18-11-6-5-8(16)7-12(11)21-14/h1-7H,16H2,(H2,17,18,19,20). The molecule has 0 saturated heterocycles. The van der Waals surface area contributed by atoms with Gasteiger partial charge in [0.15, 0.2) is 5.13 Å². The van der Waals surface area contributed by atoms with Gasteiger partial charge in [0.25, 0.3) is 0 Å². The molecule has 0 unspecified atom stereocenters. The van der Waals surface area contributed by atoms with E-state index in [1.807, 2.05) is 0 Å². The summed E-state index contributed by atoms with van der Waals surface area (Å²) in [7, 11) is 0. The number of amides is 2. The molecule has 0 spiro atoms. The number of carbonyl (C=O) groups excluding carboxylic acids is 1. The van der Waals surface area contributed by atoms with Crippen LogP contribution in [0.25, 0.3) is 10.2 Å². The number of benzene rings is 2. The van der Waals surface area contributed by atoms with E-state index in [-0.39, 0.29) is 5.69 Å². The van der Waals surface area contributed by atoms with Gasteiger partial charge in [-0.25, -0.2) is 14.2 Å². The van der Waals surface area contributed by atoms with E-state index in [0.29, 0.717) is 10.8 Å². The number of nitrogens with two attached hydrogens (primary N) is 1. The number of thiazole rings is 1. The Morgan fingerprint density at radius 1 is 1.19 bits per heavy atom. The van der Waals surface area contributed by atoms with Crippen LogP contribution in [0, 0.1) is 5.82 Å². The molecular formula is C14H11FN4OS. The first-order chi connectivity index (χ1) is 10.1. The lowest BCUT2D eigenvalue weighted by Gasteiger charge is -2.05. The second-order valence-corrected chi connectivity index (χ2v) is 5.34. The van der Waals surface area contributed by atoms with Crippen molar-refractivity contribution >= 4 is 44.1 Å². The van der Waals surface area contributed by atoms with Crippen molar-refractivity contribution in [3.8, 4) is 0 Å². The summed E-state index contributed by atoms with van der Waals surface area (Å²) < 4.78 is 14.3. The number of nitrogens with zero attached hydrogens (tertiary/aromatic N) is 1. The maximum Gasteiger partial charge on any atom is 0.325 e. The minimum absolute atomic E-state index is 0.111. The lowest BCUT2D eigenvalue weighted by Crippen LogP contribution is -2.19. The van der Waals surface area contributed by atoms with Crippen LogP contribution in [0.1, 0.15) is 0 Å². The summed E-state index contributed by atoms with van der Waals surface area (Å²) in [6.07, 6.45) is 0. The molecule has 0 radical (unpaired) electrons. The Bertz CT molecular complexity index is 818. The molecule has 0 aliphatic rings. The fourth-order valence-corrected chi connectivity index (χ4v) is 2.72. The molecule has 0 atom stereocenters. The normalized spacial score (nSPS) is 10.5. The molecule has 7 heteroatoms. The number of hydrogen-bond acceptors (Lipinski definition) is 4. The molecule has 0 aliphatic carbocycles. The Morgan fingerprint density at radius 3 is 2.81 bits per heavy atom. The van der Waals surface area contributed by atoms with Gasteiger partial charge >= 0.3 is 6.03 Å². The zero-order chi connectivity index (χ0) is 14.8. The third-order valence-corrected chi connectivity index (χ3v) is 3.69. The molecule has 5 nitrogen and oxygen atoms in total. The zero-order valence-corrected chi connectivity index (χ0v) is 11.6. The number of halogens is 1. The quantitative estimate of drug-likeness (QED) is 0.632. The summed E-state index contributed by atoms with van der Waals surface area (Å²) in [6, 6.07) is 10.7. The molecule has 0 aliphatic heterocycles. The van der Waals surface area contributed by atoms with Crippen molar-refractivity contribution in [3.63, 3.8) is 0 Å². The van der Waals surface area contributed by atoms with Gasteiger partial charge in [-0.3, -0.25) is 5.32 Å². The fourth-order valence-electron chi connectivity index (χ4n) is 1.81. The Hall–Kier alpha value is -2.67. The van der Waals surface area contributed by atoms with E-state index in [0.717, 1.165) is 10.2 Å². The van der Waals surface area contributed by atoms with E-state index in [9.17, 15) is 9.18 Å². The summed E-state index contributed by atoms with van der Waals surface area (Å²) in [4.78, 5) is 16.1. The Balaban J connectivity index is 1.75. The monoisotopic (exact) mass is 302 g/mol. The molecule has 2 aromatic carbocycles. The van der Waals surface area contributed by atoms with E-state index in [2.05, 4.69) is 15.6 Å². The van der Waals surface area contributed by atoms with Gasteiger partial charge in [-0.15, -0.1) is 0 Å². The summed E-state index contributed by atoms with van der Waals surface area (Å²) in [5.41, 5.74) is 7.18. The number of carbonyl (C=O) groups is 1. The maximum atomic E-state index is 13.4. The molecular weight excluding hydrogens is 291 g/mol. The third kappa shape index (κ3) is 2.92. The van der Waals surface area contributed by atoms with Gasteiger partial charge < -0.3 is 11.1 Å².